The first kappa shape index (κ1) is 24.8. The molecule has 0 saturated carbocycles. The zero-order valence-corrected chi connectivity index (χ0v) is 20.5. The Hall–Kier alpha value is -2.85. The third kappa shape index (κ3) is 4.91. The number of rotatable bonds is 7. The van der Waals surface area contributed by atoms with E-state index in [1.807, 2.05) is 0 Å². The number of ether oxygens (including phenoxy) is 2. The molecule has 9 nitrogen and oxygen atoms in total. The monoisotopic (exact) mass is 477 g/mol. The summed E-state index contributed by atoms with van der Waals surface area (Å²) >= 11 is 0. The van der Waals surface area contributed by atoms with Crippen molar-refractivity contribution in [1.82, 2.24) is 8.87 Å². The topological polar surface area (TPSA) is 107 Å². The summed E-state index contributed by atoms with van der Waals surface area (Å²) in [6, 6.07) is 7.00. The van der Waals surface area contributed by atoms with Gasteiger partial charge in [0.2, 0.25) is 15.9 Å². The van der Waals surface area contributed by atoms with Gasteiger partial charge in [-0.2, -0.15) is 4.31 Å². The number of nitrogens with zero attached hydrogens (tertiary/aromatic N) is 2. The van der Waals surface area contributed by atoms with Crippen LogP contribution < -0.4 is 10.1 Å². The molecular formula is C23H31N3O6S. The minimum absolute atomic E-state index is 0.0355. The van der Waals surface area contributed by atoms with Gasteiger partial charge in [0.25, 0.3) is 0 Å². The quantitative estimate of drug-likeness (QED) is 0.615. The molecule has 0 radical (unpaired) electrons. The largest absolute Gasteiger partial charge is 0.497 e. The van der Waals surface area contributed by atoms with E-state index >= 15 is 0 Å². The first-order valence-corrected chi connectivity index (χ1v) is 12.3. The van der Waals surface area contributed by atoms with Crippen LogP contribution in [0.15, 0.2) is 29.2 Å². The highest BCUT2D eigenvalue weighted by Crippen LogP contribution is 2.32. The van der Waals surface area contributed by atoms with Gasteiger partial charge < -0.3 is 19.4 Å². The van der Waals surface area contributed by atoms with Gasteiger partial charge >= 0.3 is 5.97 Å². The number of amides is 1. The molecule has 1 aliphatic heterocycles. The number of benzene rings is 1. The Morgan fingerprint density at radius 3 is 2.61 bits per heavy atom. The van der Waals surface area contributed by atoms with E-state index in [0.29, 0.717) is 35.7 Å². The lowest BCUT2D eigenvalue weighted by atomic mass is 9.98. The van der Waals surface area contributed by atoms with E-state index in [-0.39, 0.29) is 36.1 Å². The van der Waals surface area contributed by atoms with Gasteiger partial charge in [0.1, 0.15) is 16.2 Å². The molecule has 2 heterocycles. The predicted molar refractivity (Wildman–Crippen MR) is 124 cm³/mol. The van der Waals surface area contributed by atoms with Gasteiger partial charge in [-0.25, -0.2) is 13.2 Å². The highest BCUT2D eigenvalue weighted by Gasteiger charge is 2.39. The Bertz CT molecular complexity index is 1160. The number of anilines is 1. The van der Waals surface area contributed by atoms with Crippen LogP contribution in [0.3, 0.4) is 0 Å². The maximum absolute atomic E-state index is 13.7. The van der Waals surface area contributed by atoms with Crippen LogP contribution in [0.2, 0.25) is 0 Å². The number of methoxy groups -OCH3 is 1. The van der Waals surface area contributed by atoms with Crippen LogP contribution in [0.1, 0.15) is 41.5 Å². The Kier molecular flexibility index (Phi) is 7.48. The van der Waals surface area contributed by atoms with E-state index in [1.54, 1.807) is 63.8 Å². The summed E-state index contributed by atoms with van der Waals surface area (Å²) in [5.74, 6) is -0.825. The molecule has 10 heteroatoms. The lowest BCUT2D eigenvalue weighted by molar-refractivity contribution is -0.120. The van der Waals surface area contributed by atoms with Crippen molar-refractivity contribution in [3.63, 3.8) is 0 Å². The summed E-state index contributed by atoms with van der Waals surface area (Å²) in [6.45, 7) is 5.49. The number of hydrogen-bond donors (Lipinski definition) is 1. The normalized spacial score (nSPS) is 16.9. The van der Waals surface area contributed by atoms with Crippen LogP contribution in [0, 0.1) is 19.8 Å². The number of carbonyl (C=O) groups excluding carboxylic acids is 2. The number of hydrogen-bond acceptors (Lipinski definition) is 6. The van der Waals surface area contributed by atoms with Crippen LogP contribution >= 0.6 is 0 Å². The van der Waals surface area contributed by atoms with Crippen molar-refractivity contribution in [3.05, 3.63) is 41.2 Å². The van der Waals surface area contributed by atoms with Crippen molar-refractivity contribution in [1.29, 1.82) is 0 Å². The minimum Gasteiger partial charge on any atom is -0.497 e. The van der Waals surface area contributed by atoms with Gasteiger partial charge in [-0.3, -0.25) is 4.79 Å². The lowest BCUT2D eigenvalue weighted by Gasteiger charge is -2.31. The van der Waals surface area contributed by atoms with Crippen molar-refractivity contribution in [2.75, 3.05) is 32.1 Å². The molecule has 1 atom stereocenters. The fourth-order valence-electron chi connectivity index (χ4n) is 4.13. The number of piperidine rings is 1. The van der Waals surface area contributed by atoms with Gasteiger partial charge in [0.05, 0.1) is 19.6 Å². The van der Waals surface area contributed by atoms with E-state index in [4.69, 9.17) is 9.47 Å². The Balaban J connectivity index is 1.87. The molecule has 1 saturated heterocycles. The summed E-state index contributed by atoms with van der Waals surface area (Å²) in [6.07, 6.45) is 1.11. The molecule has 1 amide bonds. The number of aromatic nitrogens is 1. The van der Waals surface area contributed by atoms with Gasteiger partial charge in [-0.05, 0) is 45.7 Å². The molecule has 2 aromatic rings. The van der Waals surface area contributed by atoms with Crippen LogP contribution in [0.5, 0.6) is 5.75 Å². The smallest absolute Gasteiger partial charge is 0.341 e. The highest BCUT2D eigenvalue weighted by atomic mass is 32.2. The fraction of sp³-hybridized carbons (Fsp3) is 0.478. The zero-order valence-electron chi connectivity index (χ0n) is 19.7. The summed E-state index contributed by atoms with van der Waals surface area (Å²) in [7, 11) is -0.767. The number of esters is 1. The second kappa shape index (κ2) is 9.96. The molecule has 180 valence electrons. The summed E-state index contributed by atoms with van der Waals surface area (Å²) in [5.41, 5.74) is 1.62. The van der Waals surface area contributed by atoms with Crippen molar-refractivity contribution in [3.8, 4) is 5.75 Å². The molecule has 1 fully saturated rings. The third-order valence-corrected chi connectivity index (χ3v) is 8.12. The Labute approximate surface area is 194 Å². The fourth-order valence-corrected chi connectivity index (χ4v) is 6.13. The van der Waals surface area contributed by atoms with Crippen molar-refractivity contribution >= 4 is 27.6 Å². The second-order valence-corrected chi connectivity index (χ2v) is 9.95. The first-order chi connectivity index (χ1) is 15.6. The minimum atomic E-state index is -4.03. The Morgan fingerprint density at radius 2 is 1.94 bits per heavy atom. The van der Waals surface area contributed by atoms with Gasteiger partial charge in [0.15, 0.2) is 0 Å². The van der Waals surface area contributed by atoms with E-state index < -0.39 is 21.9 Å². The van der Waals surface area contributed by atoms with Crippen LogP contribution in [-0.4, -0.2) is 56.0 Å². The molecule has 3 rings (SSSR count). The van der Waals surface area contributed by atoms with Crippen LogP contribution in [0.25, 0.3) is 0 Å². The molecular weight excluding hydrogens is 446 g/mol. The molecule has 1 aromatic heterocycles. The maximum Gasteiger partial charge on any atom is 0.341 e. The van der Waals surface area contributed by atoms with Gasteiger partial charge in [-0.15, -0.1) is 0 Å². The maximum atomic E-state index is 13.7. The van der Waals surface area contributed by atoms with E-state index in [2.05, 4.69) is 5.32 Å². The average molecular weight is 478 g/mol. The zero-order chi connectivity index (χ0) is 24.3. The second-order valence-electron chi connectivity index (χ2n) is 8.08. The van der Waals surface area contributed by atoms with E-state index in [9.17, 15) is 18.0 Å². The molecule has 1 N–H and O–H groups in total. The van der Waals surface area contributed by atoms with Gasteiger partial charge in [0, 0.05) is 43.3 Å². The summed E-state index contributed by atoms with van der Waals surface area (Å²) in [5, 5.41) is 2.85. The molecule has 0 aliphatic carbocycles. The van der Waals surface area contributed by atoms with Crippen LogP contribution in [0.4, 0.5) is 5.69 Å². The lowest BCUT2D eigenvalue weighted by Crippen LogP contribution is -2.44. The molecule has 33 heavy (non-hydrogen) atoms. The van der Waals surface area contributed by atoms with Crippen molar-refractivity contribution in [2.24, 2.45) is 13.0 Å². The average Bonchev–Trinajstić information content (AvgIpc) is 3.04. The summed E-state index contributed by atoms with van der Waals surface area (Å²) < 4.78 is 40.6. The Morgan fingerprint density at radius 1 is 1.21 bits per heavy atom. The standard InChI is InChI=1S/C23H31N3O6S/c1-6-32-23(28)20-15(2)25(4)16(3)21(20)33(29,30)26-12-8-9-17(14-26)22(27)24-18-10-7-11-19(13-18)31-5/h7,10-11,13,17H,6,8-9,12,14H2,1-5H3,(H,24,27). The number of carbonyl (C=O) groups is 2. The molecule has 1 unspecified atom stereocenters. The van der Waals surface area contributed by atoms with Gasteiger partial charge in [-0.1, -0.05) is 6.07 Å². The van der Waals surface area contributed by atoms with Crippen molar-refractivity contribution < 1.29 is 27.5 Å². The highest BCUT2D eigenvalue weighted by molar-refractivity contribution is 7.89. The first-order valence-electron chi connectivity index (χ1n) is 10.9. The van der Waals surface area contributed by atoms with Crippen LogP contribution in [-0.2, 0) is 26.6 Å². The van der Waals surface area contributed by atoms with Crippen molar-refractivity contribution in [2.45, 2.75) is 38.5 Å². The number of sulfonamides is 1. The number of nitrogens with one attached hydrogen (secondary N) is 1. The molecule has 1 aliphatic rings. The van der Waals surface area contributed by atoms with E-state index in [1.165, 1.54) is 4.31 Å². The SMILES string of the molecule is CCOC(=O)c1c(S(=O)(=O)N2CCCC(C(=O)Nc3cccc(OC)c3)C2)c(C)n(C)c1C. The van der Waals surface area contributed by atoms with E-state index in [0.717, 1.165) is 0 Å². The molecule has 0 bridgehead atoms. The summed E-state index contributed by atoms with van der Waals surface area (Å²) in [4.78, 5) is 25.5. The molecule has 0 spiro atoms. The predicted octanol–water partition coefficient (Wildman–Crippen LogP) is 2.87. The molecule has 1 aromatic carbocycles. The third-order valence-electron chi connectivity index (χ3n) is 6.09.